The molecule has 106 valence electrons. The minimum absolute atomic E-state index is 0.0690. The molecule has 8 heteroatoms. The number of nitrogens with zero attached hydrogens (tertiary/aromatic N) is 4. The second kappa shape index (κ2) is 6.71. The van der Waals surface area contributed by atoms with E-state index < -0.39 is 0 Å². The molecule has 0 fully saturated rings. The molecule has 1 heterocycles. The molecule has 0 spiro atoms. The first-order valence-electron chi connectivity index (χ1n) is 5.96. The highest BCUT2D eigenvalue weighted by atomic mass is 35.5. The highest BCUT2D eigenvalue weighted by Gasteiger charge is 2.11. The maximum atomic E-state index is 11.9. The number of tetrazole rings is 1. The minimum atomic E-state index is -0.0713. The molecular formula is C12H14ClN5OS. The van der Waals surface area contributed by atoms with Crippen LogP contribution in [0.1, 0.15) is 18.5 Å². The summed E-state index contributed by atoms with van der Waals surface area (Å²) in [6, 6.07) is 7.33. The zero-order valence-corrected chi connectivity index (χ0v) is 12.6. The molecule has 0 radical (unpaired) electrons. The molecule has 0 aliphatic heterocycles. The van der Waals surface area contributed by atoms with Crippen molar-refractivity contribution < 1.29 is 4.79 Å². The van der Waals surface area contributed by atoms with E-state index in [1.807, 2.05) is 19.1 Å². The fraction of sp³-hybridized carbons (Fsp3) is 0.333. The van der Waals surface area contributed by atoms with Gasteiger partial charge in [-0.05, 0) is 35.0 Å². The summed E-state index contributed by atoms with van der Waals surface area (Å²) < 4.78 is 1.53. The van der Waals surface area contributed by atoms with E-state index in [0.717, 1.165) is 5.56 Å². The van der Waals surface area contributed by atoms with Crippen LogP contribution >= 0.6 is 23.4 Å². The molecule has 1 aromatic heterocycles. The van der Waals surface area contributed by atoms with Gasteiger partial charge in [-0.15, -0.1) is 5.10 Å². The highest BCUT2D eigenvalue weighted by molar-refractivity contribution is 7.99. The van der Waals surface area contributed by atoms with Crippen molar-refractivity contribution in [1.29, 1.82) is 0 Å². The first-order chi connectivity index (χ1) is 9.56. The molecular weight excluding hydrogens is 298 g/mol. The number of carbonyl (C=O) groups is 1. The number of benzene rings is 1. The van der Waals surface area contributed by atoms with Crippen molar-refractivity contribution in [2.24, 2.45) is 7.05 Å². The largest absolute Gasteiger partial charge is 0.349 e. The monoisotopic (exact) mass is 311 g/mol. The minimum Gasteiger partial charge on any atom is -0.349 e. The van der Waals surface area contributed by atoms with Crippen molar-refractivity contribution in [2.45, 2.75) is 18.1 Å². The van der Waals surface area contributed by atoms with Crippen LogP contribution in [0.2, 0.25) is 5.02 Å². The first-order valence-corrected chi connectivity index (χ1v) is 7.32. The van der Waals surface area contributed by atoms with E-state index in [-0.39, 0.29) is 17.7 Å². The lowest BCUT2D eigenvalue weighted by molar-refractivity contribution is -0.119. The Labute approximate surface area is 125 Å². The molecule has 6 nitrogen and oxygen atoms in total. The average Bonchev–Trinajstić information content (AvgIpc) is 2.82. The zero-order chi connectivity index (χ0) is 14.5. The van der Waals surface area contributed by atoms with Gasteiger partial charge in [0.05, 0.1) is 11.8 Å². The van der Waals surface area contributed by atoms with Crippen molar-refractivity contribution in [3.05, 3.63) is 34.9 Å². The highest BCUT2D eigenvalue weighted by Crippen LogP contribution is 2.17. The van der Waals surface area contributed by atoms with E-state index in [9.17, 15) is 4.79 Å². The van der Waals surface area contributed by atoms with Crippen LogP contribution < -0.4 is 5.32 Å². The molecule has 1 N–H and O–H groups in total. The molecule has 0 saturated heterocycles. The van der Waals surface area contributed by atoms with Crippen LogP contribution in [0.15, 0.2) is 29.4 Å². The third-order valence-electron chi connectivity index (χ3n) is 2.66. The number of hydrogen-bond donors (Lipinski definition) is 1. The smallest absolute Gasteiger partial charge is 0.230 e. The molecule has 1 aromatic carbocycles. The SMILES string of the molecule is CC(NC(=O)CSc1nnnn1C)c1ccc(Cl)cc1. The standard InChI is InChI=1S/C12H14ClN5OS/c1-8(9-3-5-10(13)6-4-9)14-11(19)7-20-12-15-16-17-18(12)2/h3-6,8H,7H2,1-2H3,(H,14,19). The maximum absolute atomic E-state index is 11.9. The fourth-order valence-corrected chi connectivity index (χ4v) is 2.38. The number of aryl methyl sites for hydroxylation is 1. The molecule has 1 unspecified atom stereocenters. The number of rotatable bonds is 5. The van der Waals surface area contributed by atoms with Crippen molar-refractivity contribution >= 4 is 29.3 Å². The Balaban J connectivity index is 1.85. The average molecular weight is 312 g/mol. The van der Waals surface area contributed by atoms with Crippen molar-refractivity contribution in [1.82, 2.24) is 25.5 Å². The van der Waals surface area contributed by atoms with Gasteiger partial charge in [-0.1, -0.05) is 35.5 Å². The van der Waals surface area contributed by atoms with Crippen LogP contribution in [0.5, 0.6) is 0 Å². The lowest BCUT2D eigenvalue weighted by Crippen LogP contribution is -2.28. The summed E-state index contributed by atoms with van der Waals surface area (Å²) in [6.45, 7) is 1.93. The third-order valence-corrected chi connectivity index (χ3v) is 3.92. The third kappa shape index (κ3) is 3.94. The molecule has 2 aromatic rings. The summed E-state index contributed by atoms with van der Waals surface area (Å²) in [5, 5.41) is 15.2. The Bertz CT molecular complexity index is 586. The van der Waals surface area contributed by atoms with Gasteiger partial charge < -0.3 is 5.32 Å². The van der Waals surface area contributed by atoms with E-state index >= 15 is 0 Å². The van der Waals surface area contributed by atoms with Crippen LogP contribution in [0.3, 0.4) is 0 Å². The number of aromatic nitrogens is 4. The second-order valence-electron chi connectivity index (χ2n) is 4.21. The lowest BCUT2D eigenvalue weighted by atomic mass is 10.1. The predicted molar refractivity (Wildman–Crippen MR) is 77.5 cm³/mol. The topological polar surface area (TPSA) is 72.7 Å². The predicted octanol–water partition coefficient (Wildman–Crippen LogP) is 1.83. The second-order valence-corrected chi connectivity index (χ2v) is 5.59. The summed E-state index contributed by atoms with van der Waals surface area (Å²) in [5.74, 6) is 0.201. The van der Waals surface area contributed by atoms with E-state index in [4.69, 9.17) is 11.6 Å². The van der Waals surface area contributed by atoms with Crippen molar-refractivity contribution in [3.63, 3.8) is 0 Å². The van der Waals surface area contributed by atoms with Gasteiger partial charge in [-0.3, -0.25) is 4.79 Å². The van der Waals surface area contributed by atoms with Gasteiger partial charge in [0, 0.05) is 12.1 Å². The van der Waals surface area contributed by atoms with Gasteiger partial charge in [0.2, 0.25) is 11.1 Å². The Kier molecular flexibility index (Phi) is 4.97. The lowest BCUT2D eigenvalue weighted by Gasteiger charge is -2.14. The number of carbonyl (C=O) groups excluding carboxylic acids is 1. The van der Waals surface area contributed by atoms with Crippen LogP contribution in [0.4, 0.5) is 0 Å². The number of nitrogens with one attached hydrogen (secondary N) is 1. The maximum Gasteiger partial charge on any atom is 0.230 e. The van der Waals surface area contributed by atoms with E-state index in [2.05, 4.69) is 20.8 Å². The zero-order valence-electron chi connectivity index (χ0n) is 11.1. The van der Waals surface area contributed by atoms with Crippen LogP contribution in [0.25, 0.3) is 0 Å². The molecule has 20 heavy (non-hydrogen) atoms. The number of hydrogen-bond acceptors (Lipinski definition) is 5. The summed E-state index contributed by atoms with van der Waals surface area (Å²) in [5.41, 5.74) is 1.01. The Morgan fingerprint density at radius 1 is 1.45 bits per heavy atom. The fourth-order valence-electron chi connectivity index (χ4n) is 1.59. The van der Waals surface area contributed by atoms with Gasteiger partial charge in [-0.25, -0.2) is 4.68 Å². The number of thioether (sulfide) groups is 1. The molecule has 0 saturated carbocycles. The Hall–Kier alpha value is -1.60. The Morgan fingerprint density at radius 2 is 2.15 bits per heavy atom. The van der Waals surface area contributed by atoms with Gasteiger partial charge in [-0.2, -0.15) is 0 Å². The molecule has 2 rings (SSSR count). The van der Waals surface area contributed by atoms with Gasteiger partial charge >= 0.3 is 0 Å². The normalized spacial score (nSPS) is 12.2. The van der Waals surface area contributed by atoms with Crippen LogP contribution in [-0.4, -0.2) is 31.9 Å². The van der Waals surface area contributed by atoms with Crippen LogP contribution in [-0.2, 0) is 11.8 Å². The van der Waals surface area contributed by atoms with Crippen molar-refractivity contribution in [3.8, 4) is 0 Å². The molecule has 0 aliphatic carbocycles. The van der Waals surface area contributed by atoms with Gasteiger partial charge in [0.15, 0.2) is 0 Å². The number of amides is 1. The first kappa shape index (κ1) is 14.8. The van der Waals surface area contributed by atoms with E-state index in [0.29, 0.717) is 10.2 Å². The summed E-state index contributed by atoms with van der Waals surface area (Å²) in [4.78, 5) is 11.9. The number of halogens is 1. The Morgan fingerprint density at radius 3 is 2.75 bits per heavy atom. The van der Waals surface area contributed by atoms with Gasteiger partial charge in [0.25, 0.3) is 0 Å². The van der Waals surface area contributed by atoms with Gasteiger partial charge in [0.1, 0.15) is 0 Å². The molecule has 1 amide bonds. The summed E-state index contributed by atoms with van der Waals surface area (Å²) in [7, 11) is 1.73. The van der Waals surface area contributed by atoms with Crippen molar-refractivity contribution in [2.75, 3.05) is 5.75 Å². The summed E-state index contributed by atoms with van der Waals surface area (Å²) >= 11 is 7.13. The molecule has 0 aliphatic rings. The van der Waals surface area contributed by atoms with E-state index in [1.54, 1.807) is 19.2 Å². The summed E-state index contributed by atoms with van der Waals surface area (Å²) in [6.07, 6.45) is 0. The van der Waals surface area contributed by atoms with E-state index in [1.165, 1.54) is 16.4 Å². The molecule has 1 atom stereocenters. The van der Waals surface area contributed by atoms with Crippen LogP contribution in [0, 0.1) is 0 Å². The molecule has 0 bridgehead atoms. The quantitative estimate of drug-likeness (QED) is 0.853.